The van der Waals surface area contributed by atoms with E-state index in [-0.39, 0.29) is 40.1 Å². The molecule has 0 fully saturated rings. The lowest BCUT2D eigenvalue weighted by Crippen LogP contribution is -3.00. The van der Waals surface area contributed by atoms with Gasteiger partial charge in [-0.15, -0.1) is 0 Å². The van der Waals surface area contributed by atoms with E-state index in [4.69, 9.17) is 0 Å². The summed E-state index contributed by atoms with van der Waals surface area (Å²) in [5.41, 5.74) is 0. The van der Waals surface area contributed by atoms with Gasteiger partial charge in [-0.3, -0.25) is 0 Å². The Morgan fingerprint density at radius 1 is 0.786 bits per heavy atom. The third-order valence-corrected chi connectivity index (χ3v) is 1.52. The first-order valence-electron chi connectivity index (χ1n) is 4.39. The van der Waals surface area contributed by atoms with E-state index in [0.717, 1.165) is 22.1 Å². The molecule has 0 aromatic rings. The first kappa shape index (κ1) is 20.3. The van der Waals surface area contributed by atoms with Crippen LogP contribution in [0.25, 0.3) is 0 Å². The molecule has 14 heavy (non-hydrogen) atoms. The zero-order valence-corrected chi connectivity index (χ0v) is 13.3. The van der Waals surface area contributed by atoms with Gasteiger partial charge in [-0.1, -0.05) is 0 Å². The molecule has 0 atom stereocenters. The number of hydrogen-bond acceptors (Lipinski definition) is 1. The number of likely N-dealkylation sites (N-methyl/N-ethyl adjacent to an activating group) is 2. The van der Waals surface area contributed by atoms with Crippen LogP contribution in [0.3, 0.4) is 0 Å². The standard InChI is InChI=1S/C9H24N2O.2BrH/c1-10(2,3)7-9(12)8-11(4,5)6;;/h9,12H,7-8H2,1-6H3;2*1H/q+2;;/p-2. The van der Waals surface area contributed by atoms with Crippen molar-refractivity contribution < 1.29 is 48.0 Å². The molecular formula is C9H24Br2N2O. The summed E-state index contributed by atoms with van der Waals surface area (Å²) in [5.74, 6) is 0. The van der Waals surface area contributed by atoms with Gasteiger partial charge in [-0.25, -0.2) is 0 Å². The molecule has 0 aromatic heterocycles. The lowest BCUT2D eigenvalue weighted by Gasteiger charge is -2.31. The highest BCUT2D eigenvalue weighted by atomic mass is 79.9. The van der Waals surface area contributed by atoms with Crippen molar-refractivity contribution in [3.05, 3.63) is 0 Å². The van der Waals surface area contributed by atoms with E-state index in [1.165, 1.54) is 0 Å². The third-order valence-electron chi connectivity index (χ3n) is 1.52. The number of hydrogen-bond donors (Lipinski definition) is 1. The number of nitrogens with zero attached hydrogens (tertiary/aromatic N) is 2. The number of quaternary nitrogens is 2. The molecule has 0 amide bonds. The Morgan fingerprint density at radius 2 is 1.00 bits per heavy atom. The van der Waals surface area contributed by atoms with Crippen molar-refractivity contribution in [2.75, 3.05) is 55.4 Å². The molecule has 5 heteroatoms. The smallest absolute Gasteiger partial charge is 0.152 e. The molecule has 0 radical (unpaired) electrons. The van der Waals surface area contributed by atoms with E-state index in [1.807, 2.05) is 0 Å². The average molecular weight is 336 g/mol. The molecule has 0 bridgehead atoms. The summed E-state index contributed by atoms with van der Waals surface area (Å²) < 4.78 is 1.64. The molecule has 3 nitrogen and oxygen atoms in total. The summed E-state index contributed by atoms with van der Waals surface area (Å²) in [7, 11) is 12.6. The van der Waals surface area contributed by atoms with Gasteiger partial charge in [0.2, 0.25) is 0 Å². The zero-order valence-electron chi connectivity index (χ0n) is 10.1. The number of aliphatic hydroxyl groups is 1. The third kappa shape index (κ3) is 15.3. The van der Waals surface area contributed by atoms with Crippen LogP contribution in [-0.4, -0.2) is 75.6 Å². The number of halogens is 2. The molecule has 0 spiro atoms. The van der Waals surface area contributed by atoms with Gasteiger partial charge in [0.1, 0.15) is 13.1 Å². The molecule has 90 valence electrons. The molecule has 0 aromatic carbocycles. The second kappa shape index (κ2) is 7.17. The van der Waals surface area contributed by atoms with Crippen LogP contribution in [-0.2, 0) is 0 Å². The number of aliphatic hydroxyl groups excluding tert-OH is 1. The van der Waals surface area contributed by atoms with Crippen molar-refractivity contribution in [3.8, 4) is 0 Å². The van der Waals surface area contributed by atoms with Crippen LogP contribution >= 0.6 is 0 Å². The topological polar surface area (TPSA) is 20.2 Å². The summed E-state index contributed by atoms with van der Waals surface area (Å²) in [5, 5.41) is 9.69. The van der Waals surface area contributed by atoms with Crippen LogP contribution in [0.4, 0.5) is 0 Å². The van der Waals surface area contributed by atoms with Crippen molar-refractivity contribution in [3.63, 3.8) is 0 Å². The van der Waals surface area contributed by atoms with E-state index >= 15 is 0 Å². The maximum Gasteiger partial charge on any atom is 0.152 e. The average Bonchev–Trinajstić information content (AvgIpc) is 1.49. The SMILES string of the molecule is C[N+](C)(C)CC(O)C[N+](C)(C)C.[Br-].[Br-]. The minimum absolute atomic E-state index is 0. The Balaban J connectivity index is -0.000000605. The van der Waals surface area contributed by atoms with Crippen molar-refractivity contribution in [1.29, 1.82) is 0 Å². The fraction of sp³-hybridized carbons (Fsp3) is 1.00. The lowest BCUT2D eigenvalue weighted by molar-refractivity contribution is -0.895. The van der Waals surface area contributed by atoms with E-state index in [0.29, 0.717) is 0 Å². The fourth-order valence-corrected chi connectivity index (χ4v) is 1.32. The second-order valence-corrected chi connectivity index (χ2v) is 5.60. The van der Waals surface area contributed by atoms with Crippen molar-refractivity contribution in [2.45, 2.75) is 6.10 Å². The Bertz CT molecular complexity index is 125. The maximum atomic E-state index is 9.69. The molecule has 0 saturated carbocycles. The quantitative estimate of drug-likeness (QED) is 0.507. The van der Waals surface area contributed by atoms with Crippen molar-refractivity contribution >= 4 is 0 Å². The molecule has 0 unspecified atom stereocenters. The van der Waals surface area contributed by atoms with Gasteiger partial charge in [0.05, 0.1) is 42.3 Å². The molecule has 0 aliphatic heterocycles. The van der Waals surface area contributed by atoms with E-state index in [9.17, 15) is 5.11 Å². The van der Waals surface area contributed by atoms with E-state index < -0.39 is 0 Å². The summed E-state index contributed by atoms with van der Waals surface area (Å²) in [4.78, 5) is 0. The fourth-order valence-electron chi connectivity index (χ4n) is 1.32. The van der Waals surface area contributed by atoms with Crippen LogP contribution in [0, 0.1) is 0 Å². The minimum atomic E-state index is -0.204. The van der Waals surface area contributed by atoms with Gasteiger partial charge < -0.3 is 48.0 Å². The van der Waals surface area contributed by atoms with Gasteiger partial charge in [-0.2, -0.15) is 0 Å². The summed E-state index contributed by atoms with van der Waals surface area (Å²) in [6, 6.07) is 0. The highest BCUT2D eigenvalue weighted by molar-refractivity contribution is 4.50. The Hall–Kier alpha value is 0.840. The highest BCUT2D eigenvalue weighted by Gasteiger charge is 2.21. The Labute approximate surface area is 109 Å². The first-order chi connectivity index (χ1) is 5.10. The zero-order chi connectivity index (χ0) is 9.99. The van der Waals surface area contributed by atoms with Gasteiger partial charge in [-0.05, 0) is 0 Å². The van der Waals surface area contributed by atoms with Gasteiger partial charge in [0, 0.05) is 0 Å². The van der Waals surface area contributed by atoms with Crippen LogP contribution < -0.4 is 34.0 Å². The van der Waals surface area contributed by atoms with Gasteiger partial charge in [0.25, 0.3) is 0 Å². The van der Waals surface area contributed by atoms with Crippen molar-refractivity contribution in [2.24, 2.45) is 0 Å². The van der Waals surface area contributed by atoms with Gasteiger partial charge >= 0.3 is 0 Å². The summed E-state index contributed by atoms with van der Waals surface area (Å²) >= 11 is 0. The highest BCUT2D eigenvalue weighted by Crippen LogP contribution is 1.99. The van der Waals surface area contributed by atoms with E-state index in [1.54, 1.807) is 0 Å². The lowest BCUT2D eigenvalue weighted by atomic mass is 10.3. The normalized spacial score (nSPS) is 12.0. The number of rotatable bonds is 4. The second-order valence-electron chi connectivity index (χ2n) is 5.60. The molecule has 0 aliphatic rings. The maximum absolute atomic E-state index is 9.69. The molecule has 0 heterocycles. The largest absolute Gasteiger partial charge is 1.00 e. The summed E-state index contributed by atoms with van der Waals surface area (Å²) in [6.45, 7) is 1.63. The Kier molecular flexibility index (Phi) is 10.4. The predicted octanol–water partition coefficient (Wildman–Crippen LogP) is -6.23. The first-order valence-corrected chi connectivity index (χ1v) is 4.39. The van der Waals surface area contributed by atoms with Crippen LogP contribution in [0.15, 0.2) is 0 Å². The predicted molar refractivity (Wildman–Crippen MR) is 51.8 cm³/mol. The summed E-state index contributed by atoms with van der Waals surface area (Å²) in [6.07, 6.45) is -0.204. The van der Waals surface area contributed by atoms with E-state index in [2.05, 4.69) is 42.3 Å². The van der Waals surface area contributed by atoms with Crippen LogP contribution in [0.5, 0.6) is 0 Å². The molecule has 0 saturated heterocycles. The van der Waals surface area contributed by atoms with Crippen LogP contribution in [0.2, 0.25) is 0 Å². The van der Waals surface area contributed by atoms with Gasteiger partial charge in [0.15, 0.2) is 6.10 Å². The minimum Gasteiger partial charge on any atom is -1.00 e. The molecular weight excluding hydrogens is 312 g/mol. The molecule has 1 N–H and O–H groups in total. The molecule has 0 aliphatic carbocycles. The van der Waals surface area contributed by atoms with Crippen molar-refractivity contribution in [1.82, 2.24) is 0 Å². The van der Waals surface area contributed by atoms with Crippen LogP contribution in [0.1, 0.15) is 0 Å². The monoisotopic (exact) mass is 334 g/mol. The Morgan fingerprint density at radius 3 is 1.14 bits per heavy atom. The molecule has 0 rings (SSSR count).